The first-order chi connectivity index (χ1) is 13.4. The Morgan fingerprint density at radius 1 is 0.852 bits per heavy atom. The first-order valence-corrected chi connectivity index (χ1v) is 9.30. The molecule has 0 saturated carbocycles. The average molecular weight is 356 g/mol. The molecule has 1 saturated heterocycles. The van der Waals surface area contributed by atoms with Crippen LogP contribution in [0.15, 0.2) is 67.3 Å². The molecule has 4 heterocycles. The summed E-state index contributed by atoms with van der Waals surface area (Å²) >= 11 is 0. The van der Waals surface area contributed by atoms with Crippen LogP contribution in [0.4, 0.5) is 5.82 Å². The predicted octanol–water partition coefficient (Wildman–Crippen LogP) is 3.73. The van der Waals surface area contributed by atoms with Crippen LogP contribution in [0, 0.1) is 0 Å². The molecular formula is C21H20N6. The maximum atomic E-state index is 4.69. The second-order valence-electron chi connectivity index (χ2n) is 6.83. The molecule has 0 amide bonds. The molecule has 0 spiro atoms. The largest absolute Gasteiger partial charge is 0.355 e. The molecule has 0 atom stereocenters. The van der Waals surface area contributed by atoms with E-state index in [0.717, 1.165) is 54.0 Å². The number of fused-ring (bicyclic) bond motifs is 1. The second kappa shape index (κ2) is 6.79. The normalized spacial score (nSPS) is 15.3. The van der Waals surface area contributed by atoms with E-state index in [1.807, 2.05) is 36.7 Å². The minimum atomic E-state index is 0.433. The summed E-state index contributed by atoms with van der Waals surface area (Å²) in [5.74, 6) is 1.98. The fourth-order valence-corrected chi connectivity index (χ4v) is 3.95. The van der Waals surface area contributed by atoms with Gasteiger partial charge in [-0.3, -0.25) is 4.98 Å². The molecule has 1 fully saturated rings. The van der Waals surface area contributed by atoms with Crippen LogP contribution in [0.25, 0.3) is 22.3 Å². The van der Waals surface area contributed by atoms with Gasteiger partial charge in [0.15, 0.2) is 5.82 Å². The van der Waals surface area contributed by atoms with Gasteiger partial charge >= 0.3 is 0 Å². The highest BCUT2D eigenvalue weighted by atomic mass is 15.3. The van der Waals surface area contributed by atoms with Crippen LogP contribution in [0.1, 0.15) is 18.9 Å². The molecule has 1 aliphatic rings. The van der Waals surface area contributed by atoms with Crippen molar-refractivity contribution in [3.8, 4) is 11.4 Å². The summed E-state index contributed by atoms with van der Waals surface area (Å²) in [4.78, 5) is 11.5. The highest BCUT2D eigenvalue weighted by Gasteiger charge is 2.24. The number of pyridine rings is 1. The molecule has 4 aromatic rings. The van der Waals surface area contributed by atoms with Crippen LogP contribution in [0.3, 0.4) is 0 Å². The summed E-state index contributed by atoms with van der Waals surface area (Å²) in [7, 11) is 0. The van der Waals surface area contributed by atoms with E-state index in [-0.39, 0.29) is 0 Å². The number of hydrogen-bond donors (Lipinski definition) is 0. The summed E-state index contributed by atoms with van der Waals surface area (Å²) in [6.07, 6.45) is 9.67. The Morgan fingerprint density at radius 3 is 2.59 bits per heavy atom. The molecule has 3 aromatic heterocycles. The van der Waals surface area contributed by atoms with Crippen molar-refractivity contribution in [2.45, 2.75) is 18.9 Å². The molecule has 0 bridgehead atoms. The van der Waals surface area contributed by atoms with E-state index >= 15 is 0 Å². The van der Waals surface area contributed by atoms with Crippen molar-refractivity contribution in [1.29, 1.82) is 0 Å². The molecule has 1 aliphatic heterocycles. The zero-order valence-electron chi connectivity index (χ0n) is 14.9. The van der Waals surface area contributed by atoms with Gasteiger partial charge in [-0.25, -0.2) is 4.98 Å². The van der Waals surface area contributed by atoms with Crippen LogP contribution in [-0.4, -0.2) is 37.8 Å². The molecule has 0 unspecified atom stereocenters. The number of aromatic nitrogens is 5. The van der Waals surface area contributed by atoms with Gasteiger partial charge in [-0.15, -0.1) is 5.10 Å². The fourth-order valence-electron chi connectivity index (χ4n) is 3.95. The lowest BCUT2D eigenvalue weighted by molar-refractivity contribution is 0.397. The molecule has 1 aromatic carbocycles. The number of hydrogen-bond acceptors (Lipinski definition) is 5. The van der Waals surface area contributed by atoms with Crippen LogP contribution < -0.4 is 4.90 Å². The highest BCUT2D eigenvalue weighted by Crippen LogP contribution is 2.32. The molecule has 0 radical (unpaired) electrons. The number of piperidine rings is 1. The minimum absolute atomic E-state index is 0.433. The molecule has 6 heteroatoms. The smallest absolute Gasteiger partial charge is 0.151 e. The maximum Gasteiger partial charge on any atom is 0.151 e. The fraction of sp³-hybridized carbons (Fsp3) is 0.238. The van der Waals surface area contributed by atoms with Gasteiger partial charge in [-0.05, 0) is 37.1 Å². The van der Waals surface area contributed by atoms with Gasteiger partial charge in [-0.1, -0.05) is 18.2 Å². The van der Waals surface area contributed by atoms with Crippen molar-refractivity contribution in [2.24, 2.45) is 0 Å². The van der Waals surface area contributed by atoms with Gasteiger partial charge in [0.25, 0.3) is 0 Å². The van der Waals surface area contributed by atoms with Crippen molar-refractivity contribution in [3.05, 3.63) is 67.3 Å². The number of benzene rings is 1. The predicted molar refractivity (Wildman–Crippen MR) is 105 cm³/mol. The van der Waals surface area contributed by atoms with Crippen molar-refractivity contribution in [3.63, 3.8) is 0 Å². The van der Waals surface area contributed by atoms with Gasteiger partial charge in [0.05, 0.1) is 5.52 Å². The Bertz CT molecular complexity index is 1050. The first-order valence-electron chi connectivity index (χ1n) is 9.30. The summed E-state index contributed by atoms with van der Waals surface area (Å²) in [6, 6.07) is 14.7. The van der Waals surface area contributed by atoms with E-state index in [2.05, 4.69) is 54.0 Å². The molecule has 27 heavy (non-hydrogen) atoms. The molecular weight excluding hydrogens is 336 g/mol. The molecule has 5 rings (SSSR count). The Hall–Kier alpha value is -3.28. The summed E-state index contributed by atoms with van der Waals surface area (Å²) in [6.45, 7) is 1.94. The molecule has 0 N–H and O–H groups in total. The number of anilines is 1. The van der Waals surface area contributed by atoms with E-state index in [1.54, 1.807) is 6.20 Å². The third-order valence-electron chi connectivity index (χ3n) is 5.30. The van der Waals surface area contributed by atoms with Crippen LogP contribution in [-0.2, 0) is 0 Å². The van der Waals surface area contributed by atoms with Crippen molar-refractivity contribution in [2.75, 3.05) is 18.0 Å². The first kappa shape index (κ1) is 15.9. The lowest BCUT2D eigenvalue weighted by Gasteiger charge is -2.33. The summed E-state index contributed by atoms with van der Waals surface area (Å²) in [5, 5.41) is 9.38. The van der Waals surface area contributed by atoms with Crippen molar-refractivity contribution in [1.82, 2.24) is 24.7 Å². The van der Waals surface area contributed by atoms with Crippen LogP contribution in [0.2, 0.25) is 0 Å². The molecule has 6 nitrogen and oxygen atoms in total. The van der Waals surface area contributed by atoms with Gasteiger partial charge in [0.1, 0.15) is 5.82 Å². The lowest BCUT2D eigenvalue weighted by Crippen LogP contribution is -2.35. The van der Waals surface area contributed by atoms with Gasteiger partial charge in [-0.2, -0.15) is 5.10 Å². The van der Waals surface area contributed by atoms with Gasteiger partial charge in [0.2, 0.25) is 0 Å². The average Bonchev–Trinajstić information content (AvgIpc) is 3.24. The Kier molecular flexibility index (Phi) is 4.01. The minimum Gasteiger partial charge on any atom is -0.355 e. The Morgan fingerprint density at radius 2 is 1.74 bits per heavy atom. The third-order valence-corrected chi connectivity index (χ3v) is 5.30. The monoisotopic (exact) mass is 356 g/mol. The zero-order chi connectivity index (χ0) is 18.1. The van der Waals surface area contributed by atoms with E-state index in [9.17, 15) is 0 Å². The van der Waals surface area contributed by atoms with E-state index in [0.29, 0.717) is 6.04 Å². The van der Waals surface area contributed by atoms with Gasteiger partial charge < -0.3 is 9.47 Å². The Balaban J connectivity index is 1.43. The Labute approximate surface area is 157 Å². The summed E-state index contributed by atoms with van der Waals surface area (Å²) in [5.41, 5.74) is 2.14. The lowest BCUT2D eigenvalue weighted by atomic mass is 10.0. The van der Waals surface area contributed by atoms with E-state index in [4.69, 9.17) is 0 Å². The van der Waals surface area contributed by atoms with Gasteiger partial charge in [0, 0.05) is 54.9 Å². The third kappa shape index (κ3) is 2.93. The molecule has 0 aliphatic carbocycles. The summed E-state index contributed by atoms with van der Waals surface area (Å²) < 4.78 is 2.33. The maximum absolute atomic E-state index is 4.69. The second-order valence-corrected chi connectivity index (χ2v) is 6.83. The van der Waals surface area contributed by atoms with E-state index < -0.39 is 0 Å². The quantitative estimate of drug-likeness (QED) is 0.560. The number of imidazole rings is 1. The number of nitrogens with zero attached hydrogens (tertiary/aromatic N) is 6. The van der Waals surface area contributed by atoms with Crippen molar-refractivity contribution < 1.29 is 0 Å². The zero-order valence-corrected chi connectivity index (χ0v) is 14.9. The van der Waals surface area contributed by atoms with Crippen LogP contribution in [0.5, 0.6) is 0 Å². The SMILES string of the molecule is c1cnnc(N2CCC(n3ccnc3-c3cccc4ncccc34)CC2)c1. The standard InChI is InChI=1S/C21H20N6/c1-4-18(17-5-2-10-22-19(17)6-1)21-23-12-15-27(21)16-8-13-26(14-9-16)20-7-3-11-24-25-20/h1-7,10-12,15-16H,8-9,13-14H2. The highest BCUT2D eigenvalue weighted by molar-refractivity contribution is 5.92. The number of rotatable bonds is 3. The van der Waals surface area contributed by atoms with Crippen LogP contribution >= 0.6 is 0 Å². The topological polar surface area (TPSA) is 59.7 Å². The van der Waals surface area contributed by atoms with E-state index in [1.165, 1.54) is 0 Å². The van der Waals surface area contributed by atoms with Crippen molar-refractivity contribution >= 4 is 16.7 Å². The molecule has 134 valence electrons.